The fourth-order valence-corrected chi connectivity index (χ4v) is 11.7. The molecule has 47 heavy (non-hydrogen) atoms. The van der Waals surface area contributed by atoms with Gasteiger partial charge in [0, 0.05) is 37.7 Å². The van der Waals surface area contributed by atoms with Gasteiger partial charge in [0.2, 0.25) is 20.9 Å². The Labute approximate surface area is 286 Å². The first-order valence-electron chi connectivity index (χ1n) is 16.3. The molecule has 0 radical (unpaired) electrons. The number of primary amides is 1. The maximum Gasteiger partial charge on any atom is 0.268 e. The van der Waals surface area contributed by atoms with Gasteiger partial charge in [-0.1, -0.05) is 79.7 Å². The van der Waals surface area contributed by atoms with Crippen molar-refractivity contribution >= 4 is 45.4 Å². The molecule has 3 fully saturated rings. The Kier molecular flexibility index (Phi) is 10.6. The number of thioether (sulfide) groups is 2. The minimum absolute atomic E-state index is 0.0955. The highest BCUT2D eigenvalue weighted by Crippen LogP contribution is 2.47. The number of nitrogens with zero attached hydrogens (tertiary/aromatic N) is 3. The van der Waals surface area contributed by atoms with Crippen molar-refractivity contribution in [1.29, 1.82) is 0 Å². The summed E-state index contributed by atoms with van der Waals surface area (Å²) in [5, 5.41) is 2.45. The van der Waals surface area contributed by atoms with E-state index in [9.17, 15) is 18.0 Å². The molecule has 0 aliphatic carbocycles. The molecule has 9 nitrogen and oxygen atoms in total. The second kappa shape index (κ2) is 14.7. The first-order chi connectivity index (χ1) is 22.7. The van der Waals surface area contributed by atoms with Gasteiger partial charge in [-0.05, 0) is 60.5 Å². The van der Waals surface area contributed by atoms with E-state index < -0.39 is 32.2 Å². The van der Waals surface area contributed by atoms with Crippen LogP contribution in [0.2, 0.25) is 0 Å². The molecular formula is C35H43N5O4S3. The molecule has 3 aliphatic rings. The Morgan fingerprint density at radius 2 is 1.62 bits per heavy atom. The molecule has 3 heterocycles. The predicted molar refractivity (Wildman–Crippen MR) is 190 cm³/mol. The van der Waals surface area contributed by atoms with Gasteiger partial charge < -0.3 is 16.0 Å². The fraction of sp³-hybridized carbons (Fsp3) is 0.429. The quantitative estimate of drug-likeness (QED) is 0.300. The summed E-state index contributed by atoms with van der Waals surface area (Å²) in [7, 11) is -4.17. The van der Waals surface area contributed by atoms with Gasteiger partial charge in [-0.2, -0.15) is 4.31 Å². The summed E-state index contributed by atoms with van der Waals surface area (Å²) in [4.78, 5) is 30.2. The molecule has 3 aromatic rings. The van der Waals surface area contributed by atoms with Crippen molar-refractivity contribution in [3.05, 3.63) is 90.5 Å². The zero-order valence-electron chi connectivity index (χ0n) is 26.7. The summed E-state index contributed by atoms with van der Waals surface area (Å²) in [5.74, 6) is 0.543. The number of hydrogen-bond acceptors (Lipinski definition) is 8. The van der Waals surface area contributed by atoms with E-state index in [2.05, 4.69) is 17.1 Å². The molecule has 0 spiro atoms. The van der Waals surface area contributed by atoms with Gasteiger partial charge in [0.1, 0.15) is 5.37 Å². The van der Waals surface area contributed by atoms with Crippen LogP contribution in [0, 0.1) is 5.92 Å². The number of likely N-dealkylation sites (tertiary alicyclic amines) is 1. The Morgan fingerprint density at radius 1 is 0.936 bits per heavy atom. The van der Waals surface area contributed by atoms with Crippen molar-refractivity contribution in [3.63, 3.8) is 0 Å². The van der Waals surface area contributed by atoms with Crippen LogP contribution in [0.25, 0.3) is 11.1 Å². The third kappa shape index (κ3) is 7.13. The Morgan fingerprint density at radius 3 is 2.30 bits per heavy atom. The number of carbonyl (C=O) groups excluding carboxylic acids is 2. The van der Waals surface area contributed by atoms with E-state index in [4.69, 9.17) is 5.73 Å². The van der Waals surface area contributed by atoms with Crippen molar-refractivity contribution in [2.75, 3.05) is 44.2 Å². The molecule has 3 aliphatic heterocycles. The van der Waals surface area contributed by atoms with E-state index >= 15 is 0 Å². The largest absolute Gasteiger partial charge is 0.368 e. The first-order valence-corrected chi connectivity index (χ1v) is 19.8. The van der Waals surface area contributed by atoms with Crippen LogP contribution >= 0.6 is 23.5 Å². The summed E-state index contributed by atoms with van der Waals surface area (Å²) in [6.07, 6.45) is 3.05. The molecule has 2 amide bonds. The Bertz CT molecular complexity index is 1640. The summed E-state index contributed by atoms with van der Waals surface area (Å²) in [6, 6.07) is 26.0. The minimum atomic E-state index is -4.17. The van der Waals surface area contributed by atoms with Crippen molar-refractivity contribution < 1.29 is 18.0 Å². The number of benzene rings is 3. The van der Waals surface area contributed by atoms with Crippen molar-refractivity contribution in [1.82, 2.24) is 19.4 Å². The molecule has 3 saturated heterocycles. The lowest BCUT2D eigenvalue weighted by molar-refractivity contribution is -0.136. The molecular weight excluding hydrogens is 651 g/mol. The summed E-state index contributed by atoms with van der Waals surface area (Å²) in [5.41, 5.74) is 8.70. The number of nitrogens with one attached hydrogen (secondary N) is 1. The molecule has 3 aromatic carbocycles. The Hall–Kier alpha value is -2.87. The highest BCUT2D eigenvalue weighted by molar-refractivity contribution is 8.03. The lowest BCUT2D eigenvalue weighted by Crippen LogP contribution is -2.67. The van der Waals surface area contributed by atoms with Crippen LogP contribution in [0.4, 0.5) is 0 Å². The number of hydrogen-bond donors (Lipinski definition) is 2. The smallest absolute Gasteiger partial charge is 0.268 e. The van der Waals surface area contributed by atoms with Crippen LogP contribution in [-0.2, 0) is 19.6 Å². The normalized spacial score (nSPS) is 25.0. The van der Waals surface area contributed by atoms with Crippen LogP contribution in [0.15, 0.2) is 89.8 Å². The van der Waals surface area contributed by atoms with E-state index in [1.54, 1.807) is 29.2 Å². The van der Waals surface area contributed by atoms with Crippen LogP contribution in [0.1, 0.15) is 37.8 Å². The van der Waals surface area contributed by atoms with Crippen LogP contribution in [0.5, 0.6) is 0 Å². The van der Waals surface area contributed by atoms with Crippen molar-refractivity contribution in [2.24, 2.45) is 11.7 Å². The molecule has 4 atom stereocenters. The predicted octanol–water partition coefficient (Wildman–Crippen LogP) is 4.58. The van der Waals surface area contributed by atoms with E-state index in [1.165, 1.54) is 34.2 Å². The first kappa shape index (κ1) is 34.0. The monoisotopic (exact) mass is 693 g/mol. The number of carbonyl (C=O) groups is 2. The SMILES string of the molecule is CC1CCCN(CCC(NC(=O)C2(N3CCSC3C(N)=O)SCCN2S(=O)(=O)c2ccc(-c3ccccc3)cc2)c2ccccc2)C1. The van der Waals surface area contributed by atoms with E-state index in [1.807, 2.05) is 60.7 Å². The molecule has 0 aromatic heterocycles. The second-order valence-electron chi connectivity index (χ2n) is 12.5. The minimum Gasteiger partial charge on any atom is -0.368 e. The summed E-state index contributed by atoms with van der Waals surface area (Å²) in [6.45, 7) is 5.60. The van der Waals surface area contributed by atoms with Gasteiger partial charge in [-0.25, -0.2) is 13.3 Å². The van der Waals surface area contributed by atoms with E-state index in [0.29, 0.717) is 30.4 Å². The molecule has 250 valence electrons. The zero-order valence-corrected chi connectivity index (χ0v) is 29.1. The maximum atomic E-state index is 14.9. The molecule has 3 N–H and O–H groups in total. The van der Waals surface area contributed by atoms with Crippen LogP contribution in [-0.4, -0.2) is 88.9 Å². The van der Waals surface area contributed by atoms with Crippen molar-refractivity contribution in [3.8, 4) is 11.1 Å². The standard InChI is InChI=1S/C35H43N5O4S3/c1-26-9-8-19-38(25-26)20-18-31(29-12-6-3-7-13-29)37-34(42)35(39-21-23-45-33(39)32(36)41)40(22-24-46-35)47(43,44)30-16-14-28(15-17-30)27-10-4-2-5-11-27/h2-7,10-17,26,31,33H,8-9,18-25H2,1H3,(H2,36,41)(H,37,42). The van der Waals surface area contributed by atoms with Crippen molar-refractivity contribution in [2.45, 2.75) is 47.5 Å². The average molecular weight is 694 g/mol. The third-order valence-electron chi connectivity index (χ3n) is 9.29. The highest BCUT2D eigenvalue weighted by atomic mass is 32.2. The third-order valence-corrected chi connectivity index (χ3v) is 13.9. The lowest BCUT2D eigenvalue weighted by Gasteiger charge is -2.44. The van der Waals surface area contributed by atoms with Gasteiger partial charge >= 0.3 is 0 Å². The fourth-order valence-electron chi connectivity index (χ4n) is 6.97. The summed E-state index contributed by atoms with van der Waals surface area (Å²) >= 11 is 2.60. The number of sulfonamides is 1. The highest BCUT2D eigenvalue weighted by Gasteiger charge is 2.61. The van der Waals surface area contributed by atoms with E-state index in [-0.39, 0.29) is 17.5 Å². The topological polar surface area (TPSA) is 116 Å². The van der Waals surface area contributed by atoms with Gasteiger partial charge in [0.25, 0.3) is 5.91 Å². The number of piperidine rings is 1. The molecule has 6 rings (SSSR count). The van der Waals surface area contributed by atoms with Gasteiger partial charge in [-0.15, -0.1) is 23.5 Å². The number of nitrogens with two attached hydrogens (primary N) is 1. The number of rotatable bonds is 11. The lowest BCUT2D eigenvalue weighted by atomic mass is 9.98. The molecule has 4 unspecified atom stereocenters. The molecule has 12 heteroatoms. The maximum absolute atomic E-state index is 14.9. The molecule has 0 bridgehead atoms. The second-order valence-corrected chi connectivity index (χ2v) is 16.8. The van der Waals surface area contributed by atoms with Gasteiger partial charge in [0.15, 0.2) is 0 Å². The number of amides is 2. The van der Waals surface area contributed by atoms with Gasteiger partial charge in [0.05, 0.1) is 10.9 Å². The van der Waals surface area contributed by atoms with Crippen LogP contribution in [0.3, 0.4) is 0 Å². The summed E-state index contributed by atoms with van der Waals surface area (Å²) < 4.78 is 30.4. The Balaban J connectivity index is 1.34. The van der Waals surface area contributed by atoms with Crippen LogP contribution < -0.4 is 11.1 Å². The average Bonchev–Trinajstić information content (AvgIpc) is 3.77. The molecule has 0 saturated carbocycles. The van der Waals surface area contributed by atoms with E-state index in [0.717, 1.165) is 42.7 Å². The zero-order chi connectivity index (χ0) is 33.0. The van der Waals surface area contributed by atoms with Gasteiger partial charge in [-0.3, -0.25) is 9.59 Å².